The minimum atomic E-state index is 0.485. The molecule has 2 heterocycles. The molecule has 1 N–H and O–H groups in total. The number of aromatic nitrogens is 1. The van der Waals surface area contributed by atoms with E-state index < -0.39 is 0 Å². The second-order valence-electron chi connectivity index (χ2n) is 5.53. The zero-order valence-corrected chi connectivity index (χ0v) is 11.6. The standard InChI is InChI=1S/C17H20N2/c1-12-6-13(2)8-14(7-12)15-9-16(11-18-10-15)17-4-3-5-19-17/h6-11,17,19H,3-5H2,1-2H3/t17-/m0/s1. The van der Waals surface area contributed by atoms with Crippen molar-refractivity contribution < 1.29 is 0 Å². The van der Waals surface area contributed by atoms with Gasteiger partial charge in [0, 0.05) is 24.0 Å². The summed E-state index contributed by atoms with van der Waals surface area (Å²) in [5.74, 6) is 0. The molecule has 0 saturated carbocycles. The van der Waals surface area contributed by atoms with Crippen molar-refractivity contribution in [1.82, 2.24) is 10.3 Å². The van der Waals surface area contributed by atoms with Crippen LogP contribution >= 0.6 is 0 Å². The highest BCUT2D eigenvalue weighted by Gasteiger charge is 2.16. The summed E-state index contributed by atoms with van der Waals surface area (Å²) in [7, 11) is 0. The Kier molecular flexibility index (Phi) is 3.34. The van der Waals surface area contributed by atoms with Gasteiger partial charge in [-0.25, -0.2) is 0 Å². The zero-order valence-electron chi connectivity index (χ0n) is 11.6. The van der Waals surface area contributed by atoms with Crippen LogP contribution in [-0.2, 0) is 0 Å². The van der Waals surface area contributed by atoms with Crippen LogP contribution in [0.5, 0.6) is 0 Å². The van der Waals surface area contributed by atoms with Gasteiger partial charge in [0.15, 0.2) is 0 Å². The molecule has 0 bridgehead atoms. The maximum atomic E-state index is 4.42. The molecule has 3 rings (SSSR count). The lowest BCUT2D eigenvalue weighted by Crippen LogP contribution is -2.13. The van der Waals surface area contributed by atoms with Crippen molar-refractivity contribution in [3.63, 3.8) is 0 Å². The topological polar surface area (TPSA) is 24.9 Å². The fraction of sp³-hybridized carbons (Fsp3) is 0.353. The summed E-state index contributed by atoms with van der Waals surface area (Å²) in [4.78, 5) is 4.42. The summed E-state index contributed by atoms with van der Waals surface area (Å²) in [5.41, 5.74) is 6.41. The van der Waals surface area contributed by atoms with Crippen molar-refractivity contribution >= 4 is 0 Å². The smallest absolute Gasteiger partial charge is 0.0346 e. The van der Waals surface area contributed by atoms with Crippen LogP contribution in [-0.4, -0.2) is 11.5 Å². The molecule has 1 saturated heterocycles. The van der Waals surface area contributed by atoms with Gasteiger partial charge < -0.3 is 5.32 Å². The summed E-state index contributed by atoms with van der Waals surface area (Å²) in [5, 5.41) is 3.53. The summed E-state index contributed by atoms with van der Waals surface area (Å²) in [6.45, 7) is 5.41. The Morgan fingerprint density at radius 1 is 1.00 bits per heavy atom. The molecule has 19 heavy (non-hydrogen) atoms. The van der Waals surface area contributed by atoms with Crippen molar-refractivity contribution in [2.24, 2.45) is 0 Å². The fourth-order valence-electron chi connectivity index (χ4n) is 2.92. The van der Waals surface area contributed by atoms with E-state index in [1.165, 1.54) is 40.7 Å². The van der Waals surface area contributed by atoms with E-state index in [4.69, 9.17) is 0 Å². The third kappa shape index (κ3) is 2.69. The van der Waals surface area contributed by atoms with Crippen LogP contribution in [0.2, 0.25) is 0 Å². The number of nitrogens with zero attached hydrogens (tertiary/aromatic N) is 1. The number of hydrogen-bond acceptors (Lipinski definition) is 2. The summed E-state index contributed by atoms with van der Waals surface area (Å²) < 4.78 is 0. The molecule has 1 aromatic heterocycles. The molecule has 0 unspecified atom stereocenters. The van der Waals surface area contributed by atoms with Gasteiger partial charge in [0.05, 0.1) is 0 Å². The van der Waals surface area contributed by atoms with Gasteiger partial charge >= 0.3 is 0 Å². The van der Waals surface area contributed by atoms with Gasteiger partial charge in [0.2, 0.25) is 0 Å². The number of pyridine rings is 1. The van der Waals surface area contributed by atoms with E-state index in [2.05, 4.69) is 48.4 Å². The maximum absolute atomic E-state index is 4.42. The van der Waals surface area contributed by atoms with Crippen LogP contribution in [0.3, 0.4) is 0 Å². The van der Waals surface area contributed by atoms with Gasteiger partial charge in [-0.2, -0.15) is 0 Å². The summed E-state index contributed by atoms with van der Waals surface area (Å²) in [6.07, 6.45) is 6.44. The Morgan fingerprint density at radius 2 is 1.79 bits per heavy atom. The van der Waals surface area contributed by atoms with Crippen molar-refractivity contribution in [2.45, 2.75) is 32.7 Å². The number of aryl methyl sites for hydroxylation is 2. The number of nitrogens with one attached hydrogen (secondary N) is 1. The first-order valence-corrected chi connectivity index (χ1v) is 6.99. The molecule has 0 amide bonds. The first-order chi connectivity index (χ1) is 9.22. The Bertz CT molecular complexity index is 563. The molecule has 1 fully saturated rings. The van der Waals surface area contributed by atoms with E-state index in [9.17, 15) is 0 Å². The molecular formula is C17H20N2. The van der Waals surface area contributed by atoms with E-state index in [1.54, 1.807) is 0 Å². The van der Waals surface area contributed by atoms with Crippen LogP contribution in [0.1, 0.15) is 35.6 Å². The van der Waals surface area contributed by atoms with Gasteiger partial charge in [-0.05, 0) is 50.4 Å². The molecule has 98 valence electrons. The molecule has 1 aromatic carbocycles. The third-order valence-electron chi connectivity index (χ3n) is 3.78. The lowest BCUT2D eigenvalue weighted by molar-refractivity contribution is 0.645. The maximum Gasteiger partial charge on any atom is 0.0346 e. The average molecular weight is 252 g/mol. The Balaban J connectivity index is 1.98. The molecule has 0 aliphatic carbocycles. The summed E-state index contributed by atoms with van der Waals surface area (Å²) >= 11 is 0. The second-order valence-corrected chi connectivity index (χ2v) is 5.53. The lowest BCUT2D eigenvalue weighted by Gasteiger charge is -2.12. The lowest BCUT2D eigenvalue weighted by atomic mass is 9.99. The second kappa shape index (κ2) is 5.14. The first kappa shape index (κ1) is 12.4. The monoisotopic (exact) mass is 252 g/mol. The van der Waals surface area contributed by atoms with Gasteiger partial charge in [0.1, 0.15) is 0 Å². The molecule has 2 nitrogen and oxygen atoms in total. The fourth-order valence-corrected chi connectivity index (χ4v) is 2.92. The molecular weight excluding hydrogens is 232 g/mol. The molecule has 0 spiro atoms. The quantitative estimate of drug-likeness (QED) is 0.879. The summed E-state index contributed by atoms with van der Waals surface area (Å²) in [6, 6.07) is 9.44. The predicted molar refractivity (Wildman–Crippen MR) is 79.1 cm³/mol. The van der Waals surface area contributed by atoms with Gasteiger partial charge in [-0.1, -0.05) is 29.3 Å². The predicted octanol–water partition coefficient (Wildman–Crippen LogP) is 3.79. The molecule has 2 heteroatoms. The minimum absolute atomic E-state index is 0.485. The van der Waals surface area contributed by atoms with Crippen molar-refractivity contribution in [3.05, 3.63) is 53.3 Å². The van der Waals surface area contributed by atoms with Gasteiger partial charge in [-0.15, -0.1) is 0 Å². The van der Waals surface area contributed by atoms with E-state index in [1.807, 2.05) is 12.4 Å². The highest BCUT2D eigenvalue weighted by molar-refractivity contribution is 5.65. The first-order valence-electron chi connectivity index (χ1n) is 6.99. The van der Waals surface area contributed by atoms with Crippen LogP contribution in [0.15, 0.2) is 36.7 Å². The van der Waals surface area contributed by atoms with Crippen molar-refractivity contribution in [2.75, 3.05) is 6.54 Å². The van der Waals surface area contributed by atoms with Crippen LogP contribution in [0.25, 0.3) is 11.1 Å². The average Bonchev–Trinajstić information content (AvgIpc) is 2.92. The Morgan fingerprint density at radius 3 is 2.47 bits per heavy atom. The van der Waals surface area contributed by atoms with Crippen LogP contribution < -0.4 is 5.32 Å². The largest absolute Gasteiger partial charge is 0.310 e. The number of hydrogen-bond donors (Lipinski definition) is 1. The zero-order chi connectivity index (χ0) is 13.2. The SMILES string of the molecule is Cc1cc(C)cc(-c2cncc([C@@H]3CCCN3)c2)c1. The normalized spacial score (nSPS) is 18.7. The molecule has 1 atom stereocenters. The Hall–Kier alpha value is -1.67. The third-order valence-corrected chi connectivity index (χ3v) is 3.78. The molecule has 2 aromatic rings. The van der Waals surface area contributed by atoms with E-state index in [0.29, 0.717) is 6.04 Å². The van der Waals surface area contributed by atoms with Crippen LogP contribution in [0.4, 0.5) is 0 Å². The van der Waals surface area contributed by atoms with Crippen molar-refractivity contribution in [3.8, 4) is 11.1 Å². The van der Waals surface area contributed by atoms with Gasteiger partial charge in [-0.3, -0.25) is 4.98 Å². The van der Waals surface area contributed by atoms with Crippen LogP contribution in [0, 0.1) is 13.8 Å². The minimum Gasteiger partial charge on any atom is -0.310 e. The van der Waals surface area contributed by atoms with E-state index in [0.717, 1.165) is 6.54 Å². The molecule has 1 aliphatic heterocycles. The van der Waals surface area contributed by atoms with E-state index >= 15 is 0 Å². The highest BCUT2D eigenvalue weighted by atomic mass is 14.9. The van der Waals surface area contributed by atoms with E-state index in [-0.39, 0.29) is 0 Å². The Labute approximate surface area is 114 Å². The van der Waals surface area contributed by atoms with Gasteiger partial charge in [0.25, 0.3) is 0 Å². The number of rotatable bonds is 2. The highest BCUT2D eigenvalue weighted by Crippen LogP contribution is 2.27. The van der Waals surface area contributed by atoms with Crippen molar-refractivity contribution in [1.29, 1.82) is 0 Å². The number of benzene rings is 1. The molecule has 1 aliphatic rings. The molecule has 0 radical (unpaired) electrons.